The lowest BCUT2D eigenvalue weighted by Crippen LogP contribution is -2.20. The van der Waals surface area contributed by atoms with Crippen LogP contribution in [0.15, 0.2) is 70.7 Å². The van der Waals surface area contributed by atoms with Gasteiger partial charge in [0, 0.05) is 28.9 Å². The van der Waals surface area contributed by atoms with Crippen molar-refractivity contribution in [3.8, 4) is 17.1 Å². The van der Waals surface area contributed by atoms with Crippen molar-refractivity contribution >= 4 is 21.8 Å². The number of fused-ring (bicyclic) bond motifs is 1. The first-order valence-corrected chi connectivity index (χ1v) is 12.1. The minimum atomic E-state index is -1.40. The first-order chi connectivity index (χ1) is 15.7. The molecule has 1 fully saturated rings. The Morgan fingerprint density at radius 3 is 2.50 bits per heavy atom. The summed E-state index contributed by atoms with van der Waals surface area (Å²) in [6, 6.07) is 15.0. The number of pyridine rings is 1. The van der Waals surface area contributed by atoms with Crippen LogP contribution in [-0.2, 0) is 17.4 Å². The fourth-order valence-corrected chi connectivity index (χ4v) is 5.25. The second-order valence-electron chi connectivity index (χ2n) is 8.09. The summed E-state index contributed by atoms with van der Waals surface area (Å²) in [5.41, 5.74) is 3.35. The zero-order valence-corrected chi connectivity index (χ0v) is 18.5. The Morgan fingerprint density at radius 2 is 1.78 bits per heavy atom. The molecule has 2 aromatic heterocycles. The molecule has 0 radical (unpaired) electrons. The molecular formula is C25H25N3O3S. The van der Waals surface area contributed by atoms with Crippen LogP contribution < -0.4 is 4.74 Å². The number of imidazole rings is 1. The first-order valence-electron chi connectivity index (χ1n) is 10.9. The molecule has 2 aromatic carbocycles. The molecule has 0 spiro atoms. The minimum Gasteiger partial charge on any atom is -0.489 e. The number of hydrogen-bond acceptors (Lipinski definition) is 5. The van der Waals surface area contributed by atoms with E-state index in [-0.39, 0.29) is 12.7 Å². The number of ether oxygens (including phenoxy) is 1. The molecule has 6 nitrogen and oxygen atoms in total. The van der Waals surface area contributed by atoms with Crippen molar-refractivity contribution in [2.24, 2.45) is 0 Å². The number of nitrogens with one attached hydrogen (secondary N) is 1. The molecule has 1 unspecified atom stereocenters. The standard InChI is InChI=1S/C25H25N3O3S/c29-16-17-6-8-18(9-7-17)25-27-21-14-23(31-19-4-2-1-3-5-19)24(15-22(21)28-25)32(30)20-10-12-26-13-11-20/h6-15,19,29H,1-5,16H2,(H,27,28). The normalized spacial score (nSPS) is 15.7. The van der Waals surface area contributed by atoms with Gasteiger partial charge in [-0.15, -0.1) is 0 Å². The Kier molecular flexibility index (Phi) is 6.01. The van der Waals surface area contributed by atoms with Gasteiger partial charge in [0.25, 0.3) is 0 Å². The number of aliphatic hydroxyl groups excluding tert-OH is 1. The SMILES string of the molecule is O=S(c1ccncc1)c1cc2[nH]c(-c3ccc(CO)cc3)nc2cc1OC1CCCCC1. The van der Waals surface area contributed by atoms with Crippen molar-refractivity contribution in [1.82, 2.24) is 15.0 Å². The van der Waals surface area contributed by atoms with Crippen molar-refractivity contribution in [2.75, 3.05) is 0 Å². The zero-order valence-electron chi connectivity index (χ0n) is 17.7. The molecule has 0 amide bonds. The lowest BCUT2D eigenvalue weighted by molar-refractivity contribution is 0.151. The number of hydrogen-bond donors (Lipinski definition) is 2. The van der Waals surface area contributed by atoms with E-state index in [1.807, 2.05) is 36.4 Å². The van der Waals surface area contributed by atoms with Gasteiger partial charge >= 0.3 is 0 Å². The minimum absolute atomic E-state index is 0.00640. The fourth-order valence-electron chi connectivity index (χ4n) is 4.11. The third kappa shape index (κ3) is 4.31. The van der Waals surface area contributed by atoms with Crippen LogP contribution in [0.4, 0.5) is 0 Å². The average molecular weight is 448 g/mol. The highest BCUT2D eigenvalue weighted by molar-refractivity contribution is 7.85. The van der Waals surface area contributed by atoms with Crippen molar-refractivity contribution in [3.63, 3.8) is 0 Å². The maximum Gasteiger partial charge on any atom is 0.138 e. The molecule has 2 heterocycles. The van der Waals surface area contributed by atoms with Gasteiger partial charge in [-0.2, -0.15) is 0 Å². The molecule has 0 saturated heterocycles. The third-order valence-electron chi connectivity index (χ3n) is 5.87. The number of aliphatic hydroxyl groups is 1. The van der Waals surface area contributed by atoms with Crippen LogP contribution in [0, 0.1) is 0 Å². The van der Waals surface area contributed by atoms with Crippen LogP contribution in [0.25, 0.3) is 22.4 Å². The predicted molar refractivity (Wildman–Crippen MR) is 124 cm³/mol. The Morgan fingerprint density at radius 1 is 1.03 bits per heavy atom. The van der Waals surface area contributed by atoms with Gasteiger partial charge in [0.2, 0.25) is 0 Å². The number of benzene rings is 2. The van der Waals surface area contributed by atoms with Gasteiger partial charge in [-0.1, -0.05) is 30.7 Å². The van der Waals surface area contributed by atoms with Gasteiger partial charge in [-0.3, -0.25) is 4.98 Å². The summed E-state index contributed by atoms with van der Waals surface area (Å²) in [6.45, 7) is 0.00640. The number of nitrogens with zero attached hydrogens (tertiary/aromatic N) is 2. The molecule has 1 atom stereocenters. The molecule has 1 saturated carbocycles. The van der Waals surface area contributed by atoms with Crippen LogP contribution in [0.3, 0.4) is 0 Å². The fraction of sp³-hybridized carbons (Fsp3) is 0.280. The Labute approximate surface area is 189 Å². The number of rotatable bonds is 6. The van der Waals surface area contributed by atoms with E-state index in [4.69, 9.17) is 9.72 Å². The Hall–Kier alpha value is -3.03. The monoisotopic (exact) mass is 447 g/mol. The second kappa shape index (κ2) is 9.22. The topological polar surface area (TPSA) is 88.1 Å². The average Bonchev–Trinajstić information content (AvgIpc) is 3.27. The van der Waals surface area contributed by atoms with Crippen molar-refractivity contribution < 1.29 is 14.1 Å². The lowest BCUT2D eigenvalue weighted by atomic mass is 9.98. The van der Waals surface area contributed by atoms with Gasteiger partial charge in [0.1, 0.15) is 11.6 Å². The molecule has 0 aliphatic heterocycles. The molecule has 5 rings (SSSR count). The highest BCUT2D eigenvalue weighted by Gasteiger charge is 2.21. The number of aromatic amines is 1. The third-order valence-corrected chi connectivity index (χ3v) is 7.29. The van der Waals surface area contributed by atoms with Gasteiger partial charge < -0.3 is 14.8 Å². The molecule has 164 valence electrons. The van der Waals surface area contributed by atoms with Gasteiger partial charge in [-0.25, -0.2) is 9.19 Å². The largest absolute Gasteiger partial charge is 0.489 e. The summed E-state index contributed by atoms with van der Waals surface area (Å²) in [6.07, 6.45) is 9.03. The maximum atomic E-state index is 13.4. The quantitative estimate of drug-likeness (QED) is 0.434. The van der Waals surface area contributed by atoms with E-state index in [1.54, 1.807) is 24.5 Å². The number of H-pyrrole nitrogens is 1. The highest BCUT2D eigenvalue weighted by Crippen LogP contribution is 2.34. The molecule has 7 heteroatoms. The van der Waals surface area contributed by atoms with E-state index in [2.05, 4.69) is 9.97 Å². The summed E-state index contributed by atoms with van der Waals surface area (Å²) in [5, 5.41) is 9.28. The Balaban J connectivity index is 1.56. The molecule has 1 aliphatic carbocycles. The van der Waals surface area contributed by atoms with Crippen molar-refractivity contribution in [2.45, 2.75) is 54.6 Å². The van der Waals surface area contributed by atoms with Crippen LogP contribution in [0.1, 0.15) is 37.7 Å². The van der Waals surface area contributed by atoms with E-state index in [9.17, 15) is 9.32 Å². The van der Waals surface area contributed by atoms with E-state index >= 15 is 0 Å². The smallest absolute Gasteiger partial charge is 0.138 e. The summed E-state index contributed by atoms with van der Waals surface area (Å²) >= 11 is 0. The zero-order chi connectivity index (χ0) is 21.9. The van der Waals surface area contributed by atoms with Crippen molar-refractivity contribution in [3.05, 3.63) is 66.5 Å². The summed E-state index contributed by atoms with van der Waals surface area (Å²) in [7, 11) is -1.40. The Bertz CT molecular complexity index is 1230. The van der Waals surface area contributed by atoms with E-state index in [0.29, 0.717) is 15.5 Å². The molecule has 1 aliphatic rings. The second-order valence-corrected chi connectivity index (χ2v) is 9.53. The van der Waals surface area contributed by atoms with Crippen molar-refractivity contribution in [1.29, 1.82) is 0 Å². The van der Waals surface area contributed by atoms with E-state index in [1.165, 1.54) is 6.42 Å². The first kappa shape index (κ1) is 20.8. The van der Waals surface area contributed by atoms with Crippen LogP contribution in [0.5, 0.6) is 5.75 Å². The van der Waals surface area contributed by atoms with Gasteiger partial charge in [0.15, 0.2) is 0 Å². The molecule has 0 bridgehead atoms. The molecule has 4 aromatic rings. The maximum absolute atomic E-state index is 13.4. The van der Waals surface area contributed by atoms with Crippen LogP contribution in [-0.4, -0.2) is 30.4 Å². The van der Waals surface area contributed by atoms with E-state index in [0.717, 1.165) is 53.7 Å². The van der Waals surface area contributed by atoms with E-state index < -0.39 is 10.8 Å². The van der Waals surface area contributed by atoms with Gasteiger partial charge in [0.05, 0.1) is 39.4 Å². The molecule has 32 heavy (non-hydrogen) atoms. The summed E-state index contributed by atoms with van der Waals surface area (Å²) in [4.78, 5) is 13.5. The highest BCUT2D eigenvalue weighted by atomic mass is 32.2. The summed E-state index contributed by atoms with van der Waals surface area (Å²) < 4.78 is 19.8. The van der Waals surface area contributed by atoms with Crippen LogP contribution in [0.2, 0.25) is 0 Å². The lowest BCUT2D eigenvalue weighted by Gasteiger charge is -2.24. The number of aromatic nitrogens is 3. The predicted octanol–water partition coefficient (Wildman–Crippen LogP) is 5.00. The van der Waals surface area contributed by atoms with Gasteiger partial charge in [-0.05, 0) is 49.4 Å². The summed E-state index contributed by atoms with van der Waals surface area (Å²) in [5.74, 6) is 1.35. The van der Waals surface area contributed by atoms with Crippen LogP contribution >= 0.6 is 0 Å². The molecule has 2 N–H and O–H groups in total. The molecular weight excluding hydrogens is 422 g/mol.